The first kappa shape index (κ1) is 23.8. The summed E-state index contributed by atoms with van der Waals surface area (Å²) in [6.45, 7) is 0.139. The van der Waals surface area contributed by atoms with Crippen molar-refractivity contribution >= 4 is 27.6 Å². The van der Waals surface area contributed by atoms with Gasteiger partial charge < -0.3 is 24.2 Å². The van der Waals surface area contributed by atoms with Gasteiger partial charge in [0.15, 0.2) is 0 Å². The van der Waals surface area contributed by atoms with E-state index in [4.69, 9.17) is 19.3 Å². The largest absolute Gasteiger partial charge is 0.497 e. The van der Waals surface area contributed by atoms with Crippen LogP contribution in [0, 0.1) is 0 Å². The van der Waals surface area contributed by atoms with E-state index in [9.17, 15) is 18.0 Å². The van der Waals surface area contributed by atoms with Gasteiger partial charge in [-0.05, 0) is 43.2 Å². The molecule has 1 saturated heterocycles. The minimum Gasteiger partial charge on any atom is -0.497 e. The Balaban J connectivity index is 1.57. The molecule has 2 aromatic rings. The van der Waals surface area contributed by atoms with E-state index in [1.807, 2.05) is 0 Å². The molecule has 10 nitrogen and oxygen atoms in total. The van der Waals surface area contributed by atoms with Gasteiger partial charge in [0.05, 0.1) is 36.1 Å². The fraction of sp³-hybridized carbons (Fsp3) is 0.391. The van der Waals surface area contributed by atoms with Crippen LogP contribution in [0.4, 0.5) is 5.69 Å². The summed E-state index contributed by atoms with van der Waals surface area (Å²) in [5, 5.41) is 9.06. The summed E-state index contributed by atoms with van der Waals surface area (Å²) < 4.78 is 45.1. The fourth-order valence-corrected chi connectivity index (χ4v) is 5.35. The van der Waals surface area contributed by atoms with Crippen LogP contribution in [0.1, 0.15) is 29.6 Å². The predicted molar refractivity (Wildman–Crippen MR) is 122 cm³/mol. The van der Waals surface area contributed by atoms with Crippen molar-refractivity contribution in [3.63, 3.8) is 0 Å². The number of carboxylic acids is 1. The second-order valence-corrected chi connectivity index (χ2v) is 9.94. The average molecular weight is 491 g/mol. The van der Waals surface area contributed by atoms with Crippen LogP contribution >= 0.6 is 0 Å². The highest BCUT2D eigenvalue weighted by Gasteiger charge is 2.39. The number of nitrogens with one attached hydrogen (secondary N) is 1. The Bertz CT molecular complexity index is 1200. The number of hydrogen-bond donors (Lipinski definition) is 2. The van der Waals surface area contributed by atoms with Crippen molar-refractivity contribution in [2.75, 3.05) is 25.5 Å². The number of ether oxygens (including phenoxy) is 3. The Kier molecular flexibility index (Phi) is 6.67. The SMILES string of the molecule is COc1cccc(S(=O)(=O)Nc2ccc3c(c2)C(=O)N(C)[C@H]2CC[C@@H](CC(=O)O)O[C@H]2CO3)c1. The smallest absolute Gasteiger partial charge is 0.305 e. The quantitative estimate of drug-likeness (QED) is 0.631. The van der Waals surface area contributed by atoms with Crippen molar-refractivity contribution in [1.82, 2.24) is 4.90 Å². The maximum atomic E-state index is 13.3. The average Bonchev–Trinajstić information content (AvgIpc) is 2.81. The summed E-state index contributed by atoms with van der Waals surface area (Å²) >= 11 is 0. The van der Waals surface area contributed by atoms with Gasteiger partial charge in [0, 0.05) is 18.8 Å². The number of methoxy groups -OCH3 is 1. The topological polar surface area (TPSA) is 131 Å². The van der Waals surface area contributed by atoms with E-state index in [1.54, 1.807) is 24.1 Å². The number of amides is 1. The molecule has 34 heavy (non-hydrogen) atoms. The third-order valence-corrected chi connectivity index (χ3v) is 7.40. The van der Waals surface area contributed by atoms with Crippen molar-refractivity contribution in [2.45, 2.75) is 42.4 Å². The number of sulfonamides is 1. The van der Waals surface area contributed by atoms with E-state index in [2.05, 4.69) is 4.72 Å². The number of aliphatic carboxylic acids is 1. The van der Waals surface area contributed by atoms with Gasteiger partial charge in [0.1, 0.15) is 24.2 Å². The lowest BCUT2D eigenvalue weighted by Gasteiger charge is -2.42. The summed E-state index contributed by atoms with van der Waals surface area (Å²) in [6, 6.07) is 10.3. The van der Waals surface area contributed by atoms with Crippen molar-refractivity contribution < 1.29 is 37.3 Å². The molecule has 11 heteroatoms. The monoisotopic (exact) mass is 490 g/mol. The summed E-state index contributed by atoms with van der Waals surface area (Å²) in [5.74, 6) is -0.578. The Morgan fingerprint density at radius 2 is 2.03 bits per heavy atom. The number of fused-ring (bicyclic) bond motifs is 2. The number of carboxylic acid groups (broad SMARTS) is 1. The normalized spacial score (nSPS) is 22.5. The molecular formula is C23H26N2O8S. The molecule has 0 unspecified atom stereocenters. The van der Waals surface area contributed by atoms with Crippen LogP contribution in [0.25, 0.3) is 0 Å². The van der Waals surface area contributed by atoms with E-state index in [-0.39, 0.29) is 41.1 Å². The van der Waals surface area contributed by atoms with E-state index in [1.165, 1.54) is 37.4 Å². The third kappa shape index (κ3) is 4.95. The number of nitrogens with zero attached hydrogens (tertiary/aromatic N) is 1. The molecule has 2 aliphatic heterocycles. The summed E-state index contributed by atoms with van der Waals surface area (Å²) in [4.78, 5) is 25.9. The van der Waals surface area contributed by atoms with Gasteiger partial charge in [-0.25, -0.2) is 8.42 Å². The highest BCUT2D eigenvalue weighted by molar-refractivity contribution is 7.92. The van der Waals surface area contributed by atoms with Crippen LogP contribution in [0.3, 0.4) is 0 Å². The first-order valence-corrected chi connectivity index (χ1v) is 12.2. The minimum atomic E-state index is -3.92. The summed E-state index contributed by atoms with van der Waals surface area (Å²) in [7, 11) is -0.814. The molecule has 2 heterocycles. The minimum absolute atomic E-state index is 0.0244. The molecule has 0 aromatic heterocycles. The van der Waals surface area contributed by atoms with E-state index >= 15 is 0 Å². The van der Waals surface area contributed by atoms with Crippen LogP contribution in [-0.2, 0) is 19.6 Å². The summed E-state index contributed by atoms with van der Waals surface area (Å²) in [6.07, 6.45) is 0.0859. The second kappa shape index (κ2) is 9.51. The van der Waals surface area contributed by atoms with Crippen molar-refractivity contribution in [1.29, 1.82) is 0 Å². The van der Waals surface area contributed by atoms with Gasteiger partial charge in [0.25, 0.3) is 15.9 Å². The number of carbonyl (C=O) groups excluding carboxylic acids is 1. The molecule has 2 aliphatic rings. The molecule has 0 aliphatic carbocycles. The first-order chi connectivity index (χ1) is 16.2. The molecule has 0 radical (unpaired) electrons. The number of rotatable bonds is 6. The number of anilines is 1. The maximum absolute atomic E-state index is 13.3. The number of benzene rings is 2. The van der Waals surface area contributed by atoms with Gasteiger partial charge >= 0.3 is 5.97 Å². The van der Waals surface area contributed by atoms with Gasteiger partial charge in [-0.1, -0.05) is 6.07 Å². The zero-order valence-electron chi connectivity index (χ0n) is 18.8. The van der Waals surface area contributed by atoms with Gasteiger partial charge in [-0.3, -0.25) is 14.3 Å². The zero-order valence-corrected chi connectivity index (χ0v) is 19.6. The van der Waals surface area contributed by atoms with Crippen LogP contribution in [-0.4, -0.2) is 69.3 Å². The zero-order chi connectivity index (χ0) is 24.5. The molecule has 2 N–H and O–H groups in total. The molecule has 2 aromatic carbocycles. The third-order valence-electron chi connectivity index (χ3n) is 6.02. The van der Waals surface area contributed by atoms with Crippen LogP contribution in [0.2, 0.25) is 0 Å². The lowest BCUT2D eigenvalue weighted by molar-refractivity contribution is -0.148. The van der Waals surface area contributed by atoms with Crippen molar-refractivity contribution in [3.8, 4) is 11.5 Å². The molecule has 0 saturated carbocycles. The highest BCUT2D eigenvalue weighted by atomic mass is 32.2. The van der Waals surface area contributed by atoms with E-state index in [0.29, 0.717) is 24.3 Å². The molecular weight excluding hydrogens is 464 g/mol. The summed E-state index contributed by atoms with van der Waals surface area (Å²) in [5.41, 5.74) is 0.435. The maximum Gasteiger partial charge on any atom is 0.305 e. The lowest BCUT2D eigenvalue weighted by Crippen LogP contribution is -2.53. The van der Waals surface area contributed by atoms with Crippen molar-refractivity contribution in [2.24, 2.45) is 0 Å². The number of hydrogen-bond acceptors (Lipinski definition) is 7. The Morgan fingerprint density at radius 3 is 2.76 bits per heavy atom. The number of likely N-dealkylation sites (N-methyl/N-ethyl adjacent to an activating group) is 1. The van der Waals surface area contributed by atoms with Gasteiger partial charge in [0.2, 0.25) is 0 Å². The van der Waals surface area contributed by atoms with Crippen LogP contribution in [0.15, 0.2) is 47.4 Å². The Labute approximate surface area is 197 Å². The van der Waals surface area contributed by atoms with Crippen LogP contribution in [0.5, 0.6) is 11.5 Å². The van der Waals surface area contributed by atoms with Gasteiger partial charge in [-0.2, -0.15) is 0 Å². The molecule has 3 atom stereocenters. The molecule has 182 valence electrons. The molecule has 1 amide bonds. The Hall–Kier alpha value is -3.31. The molecule has 4 rings (SSSR count). The van der Waals surface area contributed by atoms with Crippen LogP contribution < -0.4 is 14.2 Å². The van der Waals surface area contributed by atoms with E-state index in [0.717, 1.165) is 0 Å². The lowest BCUT2D eigenvalue weighted by atomic mass is 9.95. The fourth-order valence-electron chi connectivity index (χ4n) is 4.27. The Morgan fingerprint density at radius 1 is 1.24 bits per heavy atom. The number of carbonyl (C=O) groups is 2. The molecule has 0 bridgehead atoms. The molecule has 0 spiro atoms. The second-order valence-electron chi connectivity index (χ2n) is 8.26. The predicted octanol–water partition coefficient (Wildman–Crippen LogP) is 2.35. The van der Waals surface area contributed by atoms with Crippen molar-refractivity contribution in [3.05, 3.63) is 48.0 Å². The molecule has 1 fully saturated rings. The first-order valence-electron chi connectivity index (χ1n) is 10.8. The van der Waals surface area contributed by atoms with Gasteiger partial charge in [-0.15, -0.1) is 0 Å². The highest BCUT2D eigenvalue weighted by Crippen LogP contribution is 2.33. The standard InChI is InChI=1S/C23H26N2O8S/c1-25-19-8-7-16(12-22(26)27)33-21(19)13-32-20-9-6-14(10-18(20)23(25)28)24-34(29,30)17-5-3-4-15(11-17)31-2/h3-6,9-11,16,19,21,24H,7-8,12-13H2,1-2H3,(H,26,27)/t16-,19-,21-/m0/s1. The van der Waals surface area contributed by atoms with E-state index < -0.39 is 28.2 Å².